The zero-order valence-electron chi connectivity index (χ0n) is 31.1. The second-order valence-electron chi connectivity index (χ2n) is 15.2. The molecule has 1 saturated carbocycles. The van der Waals surface area contributed by atoms with Gasteiger partial charge < -0.3 is 10.2 Å². The van der Waals surface area contributed by atoms with Gasteiger partial charge in [-0.3, -0.25) is 33.5 Å². The molecule has 1 unspecified atom stereocenters. The number of rotatable bonds is 8. The normalized spacial score (nSPS) is 21.5. The Bertz CT molecular complexity index is 2390. The van der Waals surface area contributed by atoms with Crippen LogP contribution in [-0.2, 0) is 22.8 Å². The average molecular weight is 789 g/mol. The lowest BCUT2D eigenvalue weighted by molar-refractivity contribution is -0.141. The molecule has 5 heterocycles. The van der Waals surface area contributed by atoms with Crippen LogP contribution in [0, 0.1) is 5.92 Å². The molecular weight excluding hydrogens is 746 g/mol. The van der Waals surface area contributed by atoms with Gasteiger partial charge in [-0.15, -0.1) is 11.8 Å². The standard InChI is InChI=1S/C40H43F3N8O4S/c1-48-36-27(5-3-7-31(36)51(39(48)55)32-13-14-35(52)46-38(32)54)24-15-17-49(18-16-24)21-23-9-11-26(12-10-23)50-22-25-19-30(33(56-2)20-29(25)47-50)45-37(53)28-6-4-8-34(44-28)40(41,42)43/h3-8,19-20,22-24,26,32H,9-18,21H2,1-2H3,(H,45,53)(H,46,52,54)/t23-,26-,32?. The number of alkyl halides is 3. The first-order valence-corrected chi connectivity index (χ1v) is 20.3. The van der Waals surface area contributed by atoms with Crippen LogP contribution in [0.15, 0.2) is 64.4 Å². The van der Waals surface area contributed by atoms with Gasteiger partial charge in [0.25, 0.3) is 5.91 Å². The van der Waals surface area contributed by atoms with Gasteiger partial charge in [0, 0.05) is 36.5 Å². The van der Waals surface area contributed by atoms with Crippen molar-refractivity contribution in [3.05, 3.63) is 82.2 Å². The Hall–Kier alpha value is -4.96. The maximum Gasteiger partial charge on any atom is 0.433 e. The molecule has 2 saturated heterocycles. The minimum Gasteiger partial charge on any atom is -0.320 e. The van der Waals surface area contributed by atoms with Crippen LogP contribution in [0.5, 0.6) is 0 Å². The largest absolute Gasteiger partial charge is 0.433 e. The van der Waals surface area contributed by atoms with E-state index in [2.05, 4.69) is 26.6 Å². The van der Waals surface area contributed by atoms with Gasteiger partial charge >= 0.3 is 11.9 Å². The van der Waals surface area contributed by atoms with Gasteiger partial charge in [-0.05, 0) is 112 Å². The Morgan fingerprint density at radius 3 is 2.45 bits per heavy atom. The van der Waals surface area contributed by atoms with Gasteiger partial charge in [-0.2, -0.15) is 18.3 Å². The summed E-state index contributed by atoms with van der Waals surface area (Å²) >= 11 is 1.42. The van der Waals surface area contributed by atoms with Crippen molar-refractivity contribution in [2.45, 2.75) is 80.4 Å². The van der Waals surface area contributed by atoms with Gasteiger partial charge in [-0.25, -0.2) is 9.78 Å². The zero-order chi connectivity index (χ0) is 39.3. The summed E-state index contributed by atoms with van der Waals surface area (Å²) < 4.78 is 44.8. The minimum atomic E-state index is -4.65. The fourth-order valence-electron chi connectivity index (χ4n) is 8.84. The van der Waals surface area contributed by atoms with Crippen LogP contribution in [0.4, 0.5) is 18.9 Å². The molecule has 3 aliphatic rings. The topological polar surface area (TPSA) is 136 Å². The molecule has 2 aliphatic heterocycles. The van der Waals surface area contributed by atoms with Crippen LogP contribution in [0.25, 0.3) is 21.9 Å². The Kier molecular flexibility index (Phi) is 10.3. The molecule has 1 atom stereocenters. The van der Waals surface area contributed by atoms with E-state index in [9.17, 15) is 32.3 Å². The highest BCUT2D eigenvalue weighted by molar-refractivity contribution is 7.98. The van der Waals surface area contributed by atoms with E-state index in [0.29, 0.717) is 23.9 Å². The van der Waals surface area contributed by atoms with Crippen molar-refractivity contribution in [1.82, 2.24) is 34.1 Å². The van der Waals surface area contributed by atoms with E-state index in [1.165, 1.54) is 23.9 Å². The number of aryl methyl sites for hydroxylation is 1. The third-order valence-electron chi connectivity index (χ3n) is 11.8. The molecule has 2 aromatic carbocycles. The average Bonchev–Trinajstić information content (AvgIpc) is 3.72. The molecule has 1 aliphatic carbocycles. The Labute approximate surface area is 324 Å². The number of amides is 3. The summed E-state index contributed by atoms with van der Waals surface area (Å²) in [5, 5.41) is 10.9. The number of nitrogens with one attached hydrogen (secondary N) is 2. The molecule has 12 nitrogen and oxygen atoms in total. The number of hydrogen-bond donors (Lipinski definition) is 2. The fourth-order valence-corrected chi connectivity index (χ4v) is 9.40. The van der Waals surface area contributed by atoms with E-state index in [1.54, 1.807) is 16.2 Å². The van der Waals surface area contributed by atoms with Crippen LogP contribution in [0.1, 0.15) is 91.1 Å². The van der Waals surface area contributed by atoms with E-state index < -0.39 is 29.7 Å². The maximum absolute atomic E-state index is 13.4. The number of pyridine rings is 1. The summed E-state index contributed by atoms with van der Waals surface area (Å²) in [6.45, 7) is 2.97. The predicted octanol–water partition coefficient (Wildman–Crippen LogP) is 6.67. The smallest absolute Gasteiger partial charge is 0.320 e. The van der Waals surface area contributed by atoms with Gasteiger partial charge in [0.1, 0.15) is 17.4 Å². The molecule has 294 valence electrons. The quantitative estimate of drug-likeness (QED) is 0.132. The molecule has 3 aromatic heterocycles. The molecule has 5 aromatic rings. The highest BCUT2D eigenvalue weighted by atomic mass is 32.2. The maximum atomic E-state index is 13.4. The summed E-state index contributed by atoms with van der Waals surface area (Å²) in [5.41, 5.74) is 2.34. The number of benzene rings is 2. The van der Waals surface area contributed by atoms with Crippen LogP contribution in [-0.4, -0.2) is 72.4 Å². The number of para-hydroxylation sites is 1. The number of fused-ring (bicyclic) bond motifs is 2. The van der Waals surface area contributed by atoms with Crippen molar-refractivity contribution in [1.29, 1.82) is 0 Å². The second-order valence-corrected chi connectivity index (χ2v) is 16.1. The predicted molar refractivity (Wildman–Crippen MR) is 207 cm³/mol. The van der Waals surface area contributed by atoms with Crippen molar-refractivity contribution in [2.24, 2.45) is 13.0 Å². The van der Waals surface area contributed by atoms with Gasteiger partial charge in [0.2, 0.25) is 11.8 Å². The first-order chi connectivity index (χ1) is 26.9. The number of halogens is 3. The number of imidazole rings is 1. The van der Waals surface area contributed by atoms with Crippen LogP contribution >= 0.6 is 11.8 Å². The van der Waals surface area contributed by atoms with Crippen molar-refractivity contribution in [2.75, 3.05) is 31.2 Å². The first kappa shape index (κ1) is 37.9. The highest BCUT2D eigenvalue weighted by Gasteiger charge is 2.35. The summed E-state index contributed by atoms with van der Waals surface area (Å²) in [6.07, 6.45) is 5.83. The summed E-state index contributed by atoms with van der Waals surface area (Å²) in [7, 11) is 1.76. The monoisotopic (exact) mass is 788 g/mol. The van der Waals surface area contributed by atoms with E-state index in [1.807, 2.05) is 41.4 Å². The van der Waals surface area contributed by atoms with E-state index in [4.69, 9.17) is 5.10 Å². The number of likely N-dealkylation sites (tertiary alicyclic amines) is 1. The zero-order valence-corrected chi connectivity index (χ0v) is 32.0. The minimum absolute atomic E-state index is 0.208. The Balaban J connectivity index is 0.877. The molecule has 8 rings (SSSR count). The fraction of sp³-hybridized carbons (Fsp3) is 0.450. The molecule has 0 radical (unpaired) electrons. The number of piperidine rings is 2. The molecule has 56 heavy (non-hydrogen) atoms. The third kappa shape index (κ3) is 7.36. The molecule has 0 spiro atoms. The van der Waals surface area contributed by atoms with Gasteiger partial charge in [0.15, 0.2) is 0 Å². The van der Waals surface area contributed by atoms with Crippen molar-refractivity contribution < 1.29 is 27.6 Å². The molecule has 2 N–H and O–H groups in total. The lowest BCUT2D eigenvalue weighted by Crippen LogP contribution is -2.44. The van der Waals surface area contributed by atoms with E-state index in [-0.39, 0.29) is 29.8 Å². The number of anilines is 1. The SMILES string of the molecule is CSc1cc2nn([C@H]3CC[C@H](CN4CCC(c5cccc6c5n(C)c(=O)n6C5CCC(=O)NC5=O)CC4)CC3)cc2cc1NC(=O)c1cccc(C(F)(F)F)n1. The number of carbonyl (C=O) groups is 3. The summed E-state index contributed by atoms with van der Waals surface area (Å²) in [4.78, 5) is 57.7. The van der Waals surface area contributed by atoms with Crippen LogP contribution < -0.4 is 16.3 Å². The first-order valence-electron chi connectivity index (χ1n) is 19.1. The number of hydrogen-bond acceptors (Lipinski definition) is 8. The number of thioether (sulfide) groups is 1. The number of nitrogens with zero attached hydrogens (tertiary/aromatic N) is 6. The lowest BCUT2D eigenvalue weighted by Gasteiger charge is -2.37. The molecule has 3 fully saturated rings. The molecular formula is C40H43F3N8O4S. The van der Waals surface area contributed by atoms with Gasteiger partial charge in [0.05, 0.1) is 28.3 Å². The van der Waals surface area contributed by atoms with E-state index >= 15 is 0 Å². The second kappa shape index (κ2) is 15.2. The van der Waals surface area contributed by atoms with E-state index in [0.717, 1.165) is 96.6 Å². The Morgan fingerprint density at radius 2 is 1.73 bits per heavy atom. The lowest BCUT2D eigenvalue weighted by atomic mass is 9.84. The molecule has 16 heteroatoms. The summed E-state index contributed by atoms with van der Waals surface area (Å²) in [5.74, 6) is -0.581. The van der Waals surface area contributed by atoms with Gasteiger partial charge in [-0.1, -0.05) is 18.2 Å². The number of aromatic nitrogens is 5. The van der Waals surface area contributed by atoms with Crippen LogP contribution in [0.2, 0.25) is 0 Å². The molecule has 0 bridgehead atoms. The molecule has 3 amide bonds. The summed E-state index contributed by atoms with van der Waals surface area (Å²) in [6, 6.07) is 12.5. The van der Waals surface area contributed by atoms with Crippen molar-refractivity contribution in [3.63, 3.8) is 0 Å². The van der Waals surface area contributed by atoms with Crippen molar-refractivity contribution >= 4 is 57.1 Å². The van der Waals surface area contributed by atoms with Crippen molar-refractivity contribution in [3.8, 4) is 0 Å². The number of imide groups is 1. The highest BCUT2D eigenvalue weighted by Crippen LogP contribution is 2.38. The van der Waals surface area contributed by atoms with Crippen LogP contribution in [0.3, 0.4) is 0 Å². The third-order valence-corrected chi connectivity index (χ3v) is 12.5. The number of carbonyl (C=O) groups excluding carboxylic acids is 3. The Morgan fingerprint density at radius 1 is 0.982 bits per heavy atom.